The summed E-state index contributed by atoms with van der Waals surface area (Å²) in [7, 11) is -3.10. The maximum absolute atomic E-state index is 14.7. The predicted molar refractivity (Wildman–Crippen MR) is 348 cm³/mol. The fourth-order valence-corrected chi connectivity index (χ4v) is 11.2. The molecule has 2 rings (SSSR count). The zero-order valence-electron chi connectivity index (χ0n) is 58.7. The molecule has 12 N–H and O–H groups in total. The summed E-state index contributed by atoms with van der Waals surface area (Å²) in [5.41, 5.74) is -0.373. The van der Waals surface area contributed by atoms with Crippen LogP contribution in [0.5, 0.6) is 5.75 Å². The normalized spacial score (nSPS) is 16.4. The summed E-state index contributed by atoms with van der Waals surface area (Å²) < 4.78 is 58.7. The van der Waals surface area contributed by atoms with Crippen LogP contribution >= 0.6 is 0 Å². The molecule has 0 aromatic heterocycles. The number of ether oxygens (including phenoxy) is 5. The van der Waals surface area contributed by atoms with E-state index in [2.05, 4.69) is 59.2 Å². The number of esters is 1. The lowest BCUT2D eigenvalue weighted by atomic mass is 9.88. The van der Waals surface area contributed by atoms with E-state index in [4.69, 9.17) is 23.7 Å². The summed E-state index contributed by atoms with van der Waals surface area (Å²) in [5.74, 6) is -7.97. The predicted octanol–water partition coefficient (Wildman–Crippen LogP) is 2.80. The number of aliphatic hydroxyl groups is 2. The highest BCUT2D eigenvalue weighted by Gasteiger charge is 2.39. The van der Waals surface area contributed by atoms with Gasteiger partial charge in [0.1, 0.15) is 59.0 Å². The number of aliphatic hydroxyl groups excluding tert-OH is 2. The molecule has 93 heavy (non-hydrogen) atoms. The summed E-state index contributed by atoms with van der Waals surface area (Å²) in [5, 5.41) is 45.2. The van der Waals surface area contributed by atoms with E-state index in [-0.39, 0.29) is 56.2 Å². The summed E-state index contributed by atoms with van der Waals surface area (Å²) in [4.78, 5) is 124. The van der Waals surface area contributed by atoms with Crippen LogP contribution in [0.2, 0.25) is 0 Å². The molecule has 0 bridgehead atoms. The Labute approximate surface area is 550 Å². The van der Waals surface area contributed by atoms with Gasteiger partial charge in [-0.3, -0.25) is 38.3 Å². The number of benzene rings is 1. The summed E-state index contributed by atoms with van der Waals surface area (Å²) in [6.07, 6.45) is -2.32. The number of alkyl carbamates (subject to hydrolysis) is 1. The third kappa shape index (κ3) is 27.2. The third-order valence-corrected chi connectivity index (χ3v) is 16.8. The van der Waals surface area contributed by atoms with E-state index in [9.17, 15) is 61.8 Å². The van der Waals surface area contributed by atoms with E-state index in [1.807, 2.05) is 20.8 Å². The van der Waals surface area contributed by atoms with Gasteiger partial charge in [0.15, 0.2) is 6.04 Å². The van der Waals surface area contributed by atoms with E-state index in [1.165, 1.54) is 6.92 Å². The van der Waals surface area contributed by atoms with Crippen molar-refractivity contribution in [3.8, 4) is 5.75 Å². The maximum Gasteiger partial charge on any atom is 0.408 e. The quantitative estimate of drug-likeness (QED) is 0.0343. The largest absolute Gasteiger partial charge is 0.487 e. The smallest absolute Gasteiger partial charge is 0.408 e. The Morgan fingerprint density at radius 3 is 1.68 bits per heavy atom. The first-order valence-electron chi connectivity index (χ1n) is 31.8. The first kappa shape index (κ1) is 82.3. The first-order valence-corrected chi connectivity index (χ1v) is 33.3. The second-order valence-corrected chi connectivity index (χ2v) is 29.3. The second kappa shape index (κ2) is 35.6. The Morgan fingerprint density at radius 1 is 0.634 bits per heavy atom. The zero-order chi connectivity index (χ0) is 71.5. The van der Waals surface area contributed by atoms with Crippen LogP contribution in [0.4, 0.5) is 4.79 Å². The van der Waals surface area contributed by atoms with Crippen molar-refractivity contribution in [1.29, 1.82) is 0 Å². The number of methoxy groups -OCH3 is 1. The lowest BCUT2D eigenvalue weighted by molar-refractivity contribution is -0.149. The van der Waals surface area contributed by atoms with Crippen molar-refractivity contribution in [1.82, 2.24) is 52.6 Å². The number of rotatable bonds is 35. The fraction of sp³-hybridized carbons (Fsp3) is 0.734. The van der Waals surface area contributed by atoms with Gasteiger partial charge in [-0.2, -0.15) is 0 Å². The zero-order valence-corrected chi connectivity index (χ0v) is 59.5. The highest BCUT2D eigenvalue weighted by Crippen LogP contribution is 2.42. The number of carbonyl (C=O) groups is 9. The molecule has 8 amide bonds. The molecule has 0 spiro atoms. The van der Waals surface area contributed by atoms with E-state index < -0.39 is 159 Å². The topological polar surface area (TPSA) is 395 Å². The van der Waals surface area contributed by atoms with E-state index >= 15 is 0 Å². The van der Waals surface area contributed by atoms with Crippen LogP contribution in [0.3, 0.4) is 0 Å². The van der Waals surface area contributed by atoms with Crippen LogP contribution in [0.15, 0.2) is 17.3 Å². The minimum absolute atomic E-state index is 0.00705. The molecule has 530 valence electrons. The lowest BCUT2D eigenvalue weighted by Crippen LogP contribution is -2.62. The Kier molecular flexibility index (Phi) is 31.5. The molecule has 1 heterocycles. The first-order chi connectivity index (χ1) is 42.7. The van der Waals surface area contributed by atoms with Gasteiger partial charge in [0.25, 0.3) is 10.0 Å². The van der Waals surface area contributed by atoms with Crippen LogP contribution in [0.25, 0.3) is 0 Å². The molecule has 0 aliphatic carbocycles. The molecular formula is C64H110N10O18S. The van der Waals surface area contributed by atoms with Gasteiger partial charge >= 0.3 is 12.1 Å². The molecule has 0 saturated heterocycles. The Hall–Kier alpha value is -6.82. The molecule has 0 radical (unpaired) electrons. The standard InChI is InChI=1S/C64H110N10O18S/c1-23-26-42(69-58(83)49(50(77)34(3)4)73-60(85)92-63(17,18)19)53(78)68-43(27-25-30-65-40(10)74-93(86,87)52-37(7)36(6)51-41(38(52)8)28-29-64(20,21)91-51)54(79)71-47(35(5)24-2)57(82)72-48(39(9)75)56(81)66-31-46(76)67-44(32-89-61(11,12)13)55(80)70-45(59(84)88-22)33-90-62(14,15)16/h34-35,39,42-45,47-50,65,74-75,77H,10,23-33H2,1-9,11-22H3,(H,66,81)(H,67,76)(H,68,78)(H,69,83)(H,70,80)(H,71,79)(H,72,82)(H,73,85)/t35-,39-,42-,43+,44-,45-,47-,48-,49-,50+/m0/s1. The number of hydrogen-bond acceptors (Lipinski definition) is 19. The molecular weight excluding hydrogens is 1230 g/mol. The number of fused-ring (bicyclic) bond motifs is 1. The minimum atomic E-state index is -4.23. The molecule has 28 nitrogen and oxygen atoms in total. The van der Waals surface area contributed by atoms with Crippen molar-refractivity contribution in [3.05, 3.63) is 34.7 Å². The van der Waals surface area contributed by atoms with Crippen LogP contribution in [0.1, 0.15) is 178 Å². The SMILES string of the molecule is C=C(NCCC[C@@H](NC(=O)[C@H](CCC)NC(=O)[C@@H](NC(=O)OC(C)(C)C)[C@H](O)C(C)C)C(=O)N[C@H](C(=O)N[C@H](C(=O)NCC(=O)N[C@@H](COC(C)(C)C)C(=O)N[C@@H](COC(C)(C)C)C(=O)OC)[C@H](C)O)[C@@H](C)CC)NS(=O)(=O)c1c(C)c(C)c2c(c1C)CCC(C)(C)O2. The number of amides is 8. The van der Waals surface area contributed by atoms with E-state index in [0.717, 1.165) is 12.7 Å². The van der Waals surface area contributed by atoms with Crippen molar-refractivity contribution >= 4 is 63.4 Å². The average Bonchev–Trinajstić information content (AvgIpc) is 0.749. The van der Waals surface area contributed by atoms with Crippen molar-refractivity contribution in [3.63, 3.8) is 0 Å². The summed E-state index contributed by atoms with van der Waals surface area (Å²) in [6.45, 7) is 36.4. The lowest BCUT2D eigenvalue weighted by Gasteiger charge is -2.35. The monoisotopic (exact) mass is 1340 g/mol. The van der Waals surface area contributed by atoms with Gasteiger partial charge in [-0.25, -0.2) is 18.0 Å². The number of sulfonamides is 1. The van der Waals surface area contributed by atoms with Crippen LogP contribution in [-0.4, -0.2) is 182 Å². The van der Waals surface area contributed by atoms with Crippen LogP contribution < -0.4 is 57.3 Å². The molecule has 10 atom stereocenters. The van der Waals surface area contributed by atoms with Gasteiger partial charge in [-0.05, 0) is 170 Å². The molecule has 29 heteroatoms. The fourth-order valence-electron chi connectivity index (χ4n) is 9.59. The molecule has 0 unspecified atom stereocenters. The molecule has 0 fully saturated rings. The van der Waals surface area contributed by atoms with Gasteiger partial charge < -0.3 is 81.7 Å². The van der Waals surface area contributed by atoms with Gasteiger partial charge in [-0.1, -0.05) is 54.0 Å². The molecule has 0 saturated carbocycles. The highest BCUT2D eigenvalue weighted by atomic mass is 32.2. The van der Waals surface area contributed by atoms with Gasteiger partial charge in [0.2, 0.25) is 41.4 Å². The molecule has 1 aromatic rings. The van der Waals surface area contributed by atoms with Crippen molar-refractivity contribution in [2.75, 3.05) is 33.4 Å². The summed E-state index contributed by atoms with van der Waals surface area (Å²) in [6, 6.07) is -10.3. The summed E-state index contributed by atoms with van der Waals surface area (Å²) >= 11 is 0. The second-order valence-electron chi connectivity index (χ2n) is 27.7. The third-order valence-electron chi connectivity index (χ3n) is 15.1. The number of carbonyl (C=O) groups excluding carboxylic acids is 9. The van der Waals surface area contributed by atoms with Crippen molar-refractivity contribution in [2.24, 2.45) is 11.8 Å². The average molecular weight is 1340 g/mol. The van der Waals surface area contributed by atoms with Crippen LogP contribution in [0, 0.1) is 32.6 Å². The van der Waals surface area contributed by atoms with Gasteiger partial charge in [0, 0.05) is 6.54 Å². The van der Waals surface area contributed by atoms with Gasteiger partial charge in [0.05, 0.1) is 55.2 Å². The van der Waals surface area contributed by atoms with E-state index in [1.54, 1.807) is 111 Å². The van der Waals surface area contributed by atoms with Crippen molar-refractivity contribution in [2.45, 2.75) is 265 Å². The minimum Gasteiger partial charge on any atom is -0.487 e. The molecule has 1 aliphatic rings. The van der Waals surface area contributed by atoms with Crippen molar-refractivity contribution < 1.29 is 85.5 Å². The van der Waals surface area contributed by atoms with Crippen LogP contribution in [-0.2, 0) is 73.7 Å². The maximum atomic E-state index is 14.7. The number of nitrogens with one attached hydrogen (secondary N) is 10. The Morgan fingerprint density at radius 2 is 1.15 bits per heavy atom. The Balaban J connectivity index is 2.50. The Bertz CT molecular complexity index is 2900. The van der Waals surface area contributed by atoms with Gasteiger partial charge in [-0.15, -0.1) is 0 Å². The molecule has 1 aromatic carbocycles. The highest BCUT2D eigenvalue weighted by molar-refractivity contribution is 7.89. The molecule has 1 aliphatic heterocycles. The number of hydrogen-bond donors (Lipinski definition) is 12. The van der Waals surface area contributed by atoms with E-state index in [0.29, 0.717) is 41.7 Å².